The number of carbonyl (C=O) groups excluding carboxylic acids is 2. The van der Waals surface area contributed by atoms with Crippen molar-refractivity contribution in [3.63, 3.8) is 0 Å². The van der Waals surface area contributed by atoms with Crippen molar-refractivity contribution in [1.29, 1.82) is 0 Å². The minimum atomic E-state index is -0.222. The number of nitrogens with zero attached hydrogens (tertiary/aromatic N) is 1. The van der Waals surface area contributed by atoms with Gasteiger partial charge in [-0.1, -0.05) is 13.8 Å². The summed E-state index contributed by atoms with van der Waals surface area (Å²) in [5, 5.41) is 8.47. The maximum atomic E-state index is 11.6. The molecule has 0 aromatic carbocycles. The Bertz CT molecular complexity index is 460. The fraction of sp³-hybridized carbons (Fsp3) is 0.500. The molecule has 6 heteroatoms. The summed E-state index contributed by atoms with van der Waals surface area (Å²) in [6.45, 7) is 7.30. The molecule has 0 fully saturated rings. The van der Waals surface area contributed by atoms with Crippen LogP contribution in [-0.2, 0) is 4.79 Å². The Morgan fingerprint density at radius 2 is 2.05 bits per heavy atom. The predicted molar refractivity (Wildman–Crippen MR) is 78.6 cm³/mol. The van der Waals surface area contributed by atoms with Crippen LogP contribution < -0.4 is 16.0 Å². The summed E-state index contributed by atoms with van der Waals surface area (Å²) in [6.07, 6.45) is 1.54. The van der Waals surface area contributed by atoms with Gasteiger partial charge in [0.25, 0.3) is 5.91 Å². The summed E-state index contributed by atoms with van der Waals surface area (Å²) in [5.74, 6) is 0.125. The lowest BCUT2D eigenvalue weighted by molar-refractivity contribution is -0.119. The zero-order valence-electron chi connectivity index (χ0n) is 12.2. The van der Waals surface area contributed by atoms with Gasteiger partial charge in [0, 0.05) is 25.0 Å². The van der Waals surface area contributed by atoms with Gasteiger partial charge in [0.15, 0.2) is 0 Å². The molecule has 0 spiro atoms. The summed E-state index contributed by atoms with van der Waals surface area (Å²) in [4.78, 5) is 27.2. The number of rotatable bonds is 7. The number of pyridine rings is 1. The van der Waals surface area contributed by atoms with E-state index in [0.717, 1.165) is 0 Å². The van der Waals surface area contributed by atoms with Crippen LogP contribution >= 0.6 is 0 Å². The quantitative estimate of drug-likeness (QED) is 0.695. The number of carbonyl (C=O) groups is 2. The van der Waals surface area contributed by atoms with E-state index in [1.807, 2.05) is 20.8 Å². The lowest BCUT2D eigenvalue weighted by Gasteiger charge is -2.10. The molecule has 0 radical (unpaired) electrons. The summed E-state index contributed by atoms with van der Waals surface area (Å²) < 4.78 is 0. The van der Waals surface area contributed by atoms with E-state index in [0.29, 0.717) is 30.4 Å². The Morgan fingerprint density at radius 3 is 2.70 bits per heavy atom. The highest BCUT2D eigenvalue weighted by molar-refractivity contribution is 5.93. The largest absolute Gasteiger partial charge is 0.376 e. The summed E-state index contributed by atoms with van der Waals surface area (Å²) in [6, 6.07) is 3.35. The normalized spacial score (nSPS) is 10.2. The van der Waals surface area contributed by atoms with Crippen LogP contribution in [0, 0.1) is 5.92 Å². The van der Waals surface area contributed by atoms with Gasteiger partial charge in [-0.15, -0.1) is 0 Å². The van der Waals surface area contributed by atoms with Crippen molar-refractivity contribution in [3.05, 3.63) is 24.0 Å². The first kappa shape index (κ1) is 15.9. The number of nitrogens with one attached hydrogen (secondary N) is 3. The summed E-state index contributed by atoms with van der Waals surface area (Å²) in [5.41, 5.74) is 1.03. The van der Waals surface area contributed by atoms with Crippen molar-refractivity contribution < 1.29 is 9.59 Å². The van der Waals surface area contributed by atoms with E-state index in [4.69, 9.17) is 0 Å². The predicted octanol–water partition coefficient (Wildman–Crippen LogP) is 1.02. The molecule has 0 atom stereocenters. The van der Waals surface area contributed by atoms with Gasteiger partial charge in [-0.2, -0.15) is 0 Å². The van der Waals surface area contributed by atoms with Gasteiger partial charge in [0.2, 0.25) is 5.91 Å². The molecule has 110 valence electrons. The minimum absolute atomic E-state index is 0.0740. The van der Waals surface area contributed by atoms with Crippen LogP contribution in [0.2, 0.25) is 0 Å². The molecular formula is C14H22N4O2. The monoisotopic (exact) mass is 278 g/mol. The molecule has 1 rings (SSSR count). The molecule has 0 unspecified atom stereocenters. The van der Waals surface area contributed by atoms with Gasteiger partial charge < -0.3 is 16.0 Å². The molecule has 20 heavy (non-hydrogen) atoms. The van der Waals surface area contributed by atoms with Gasteiger partial charge >= 0.3 is 0 Å². The first-order valence-electron chi connectivity index (χ1n) is 6.77. The first-order chi connectivity index (χ1) is 9.52. The maximum Gasteiger partial charge on any atom is 0.269 e. The average Bonchev–Trinajstić information content (AvgIpc) is 2.43. The van der Waals surface area contributed by atoms with Crippen LogP contribution in [0.1, 0.15) is 31.3 Å². The van der Waals surface area contributed by atoms with Gasteiger partial charge in [-0.05, 0) is 25.0 Å². The highest BCUT2D eigenvalue weighted by Gasteiger charge is 2.07. The molecule has 0 bridgehead atoms. The number of hydrogen-bond donors (Lipinski definition) is 3. The molecule has 0 aliphatic carbocycles. The van der Waals surface area contributed by atoms with Crippen molar-refractivity contribution in [2.75, 3.05) is 25.0 Å². The van der Waals surface area contributed by atoms with Crippen molar-refractivity contribution in [2.45, 2.75) is 20.8 Å². The van der Waals surface area contributed by atoms with Crippen molar-refractivity contribution in [1.82, 2.24) is 15.6 Å². The minimum Gasteiger partial charge on any atom is -0.376 e. The van der Waals surface area contributed by atoms with Gasteiger partial charge in [0.1, 0.15) is 5.69 Å². The third-order valence-corrected chi connectivity index (χ3v) is 2.49. The van der Waals surface area contributed by atoms with Crippen molar-refractivity contribution in [3.8, 4) is 0 Å². The zero-order valence-corrected chi connectivity index (χ0v) is 12.2. The van der Waals surface area contributed by atoms with Crippen LogP contribution in [-0.4, -0.2) is 36.4 Å². The molecule has 0 saturated heterocycles. The van der Waals surface area contributed by atoms with E-state index in [1.165, 1.54) is 0 Å². The molecule has 0 aliphatic rings. The van der Waals surface area contributed by atoms with Gasteiger partial charge in [-0.25, -0.2) is 0 Å². The number of amides is 2. The molecule has 0 saturated carbocycles. The second-order valence-corrected chi connectivity index (χ2v) is 4.84. The molecule has 6 nitrogen and oxygen atoms in total. The van der Waals surface area contributed by atoms with Gasteiger partial charge in [-0.3, -0.25) is 14.6 Å². The Kier molecular flexibility index (Phi) is 6.49. The highest BCUT2D eigenvalue weighted by atomic mass is 16.2. The number of hydrogen-bond acceptors (Lipinski definition) is 4. The van der Waals surface area contributed by atoms with Crippen LogP contribution in [0.5, 0.6) is 0 Å². The molecule has 1 heterocycles. The van der Waals surface area contributed by atoms with E-state index < -0.39 is 0 Å². The molecule has 1 aromatic rings. The Balaban J connectivity index is 2.50. The number of aromatic nitrogens is 1. The summed E-state index contributed by atoms with van der Waals surface area (Å²) >= 11 is 0. The Morgan fingerprint density at radius 1 is 1.30 bits per heavy atom. The third kappa shape index (κ3) is 5.69. The second kappa shape index (κ2) is 8.14. The Hall–Kier alpha value is -2.11. The molecule has 3 N–H and O–H groups in total. The van der Waals surface area contributed by atoms with E-state index in [1.54, 1.807) is 18.3 Å². The topological polar surface area (TPSA) is 83.1 Å². The molecular weight excluding hydrogens is 256 g/mol. The highest BCUT2D eigenvalue weighted by Crippen LogP contribution is 2.07. The Labute approximate surface area is 119 Å². The third-order valence-electron chi connectivity index (χ3n) is 2.49. The van der Waals surface area contributed by atoms with Crippen molar-refractivity contribution >= 4 is 17.5 Å². The van der Waals surface area contributed by atoms with E-state index >= 15 is 0 Å². The van der Waals surface area contributed by atoms with Crippen LogP contribution in [0.4, 0.5) is 5.69 Å². The van der Waals surface area contributed by atoms with Crippen LogP contribution in [0.25, 0.3) is 0 Å². The zero-order chi connectivity index (χ0) is 15.0. The van der Waals surface area contributed by atoms with E-state index in [-0.39, 0.29) is 18.4 Å². The standard InChI is InChI=1S/C14H22N4O2/c1-4-15-14(20)12-7-11(5-6-16-12)17-9-13(19)18-8-10(2)3/h5-7,10H,4,8-9H2,1-3H3,(H,15,20)(H,16,17)(H,18,19). The van der Waals surface area contributed by atoms with E-state index in [9.17, 15) is 9.59 Å². The lowest BCUT2D eigenvalue weighted by atomic mass is 10.2. The maximum absolute atomic E-state index is 11.6. The second-order valence-electron chi connectivity index (χ2n) is 4.84. The average molecular weight is 278 g/mol. The van der Waals surface area contributed by atoms with Crippen LogP contribution in [0.15, 0.2) is 18.3 Å². The number of anilines is 1. The molecule has 0 aliphatic heterocycles. The van der Waals surface area contributed by atoms with E-state index in [2.05, 4.69) is 20.9 Å². The fourth-order valence-electron chi connectivity index (χ4n) is 1.48. The molecule has 1 aromatic heterocycles. The summed E-state index contributed by atoms with van der Waals surface area (Å²) in [7, 11) is 0. The first-order valence-corrected chi connectivity index (χ1v) is 6.77. The smallest absolute Gasteiger partial charge is 0.269 e. The SMILES string of the molecule is CCNC(=O)c1cc(NCC(=O)NCC(C)C)ccn1. The fourth-order valence-corrected chi connectivity index (χ4v) is 1.48. The molecule has 2 amide bonds. The van der Waals surface area contributed by atoms with Crippen LogP contribution in [0.3, 0.4) is 0 Å². The van der Waals surface area contributed by atoms with Crippen molar-refractivity contribution in [2.24, 2.45) is 5.92 Å². The lowest BCUT2D eigenvalue weighted by Crippen LogP contribution is -2.32. The van der Waals surface area contributed by atoms with Gasteiger partial charge in [0.05, 0.1) is 6.54 Å².